The maximum absolute atomic E-state index is 11.9. The highest BCUT2D eigenvalue weighted by Gasteiger charge is 2.32. The van der Waals surface area contributed by atoms with E-state index in [0.29, 0.717) is 35.2 Å². The van der Waals surface area contributed by atoms with Gasteiger partial charge in [-0.15, -0.1) is 0 Å². The van der Waals surface area contributed by atoms with Crippen LogP contribution >= 0.6 is 23.2 Å². The third-order valence-electron chi connectivity index (χ3n) is 3.12. The fraction of sp³-hybridized carbons (Fsp3) is 0.462. The van der Waals surface area contributed by atoms with E-state index in [-0.39, 0.29) is 12.5 Å². The van der Waals surface area contributed by atoms with Crippen LogP contribution in [-0.2, 0) is 4.79 Å². The average molecular weight is 303 g/mol. The van der Waals surface area contributed by atoms with Gasteiger partial charge in [0.25, 0.3) is 0 Å². The second-order valence-electron chi connectivity index (χ2n) is 5.11. The summed E-state index contributed by atoms with van der Waals surface area (Å²) in [5.74, 6) is -0.165. The van der Waals surface area contributed by atoms with Crippen molar-refractivity contribution >= 4 is 34.8 Å². The van der Waals surface area contributed by atoms with Gasteiger partial charge in [-0.3, -0.25) is 9.69 Å². The molecule has 1 aliphatic rings. The van der Waals surface area contributed by atoms with Gasteiger partial charge in [0, 0.05) is 13.1 Å². The highest BCUT2D eigenvalue weighted by Crippen LogP contribution is 2.29. The van der Waals surface area contributed by atoms with Crippen molar-refractivity contribution in [2.45, 2.75) is 18.9 Å². The van der Waals surface area contributed by atoms with E-state index < -0.39 is 5.60 Å². The van der Waals surface area contributed by atoms with E-state index in [2.05, 4.69) is 5.32 Å². The number of anilines is 1. The third-order valence-corrected chi connectivity index (χ3v) is 3.94. The molecule has 1 aromatic carbocycles. The monoisotopic (exact) mass is 302 g/mol. The summed E-state index contributed by atoms with van der Waals surface area (Å²) in [5.41, 5.74) is -0.196. The molecular weight excluding hydrogens is 287 g/mol. The molecular formula is C13H16Cl2N2O2. The number of hydrogen-bond acceptors (Lipinski definition) is 3. The van der Waals surface area contributed by atoms with Crippen molar-refractivity contribution in [1.82, 2.24) is 4.90 Å². The van der Waals surface area contributed by atoms with Crippen LogP contribution in [0.5, 0.6) is 0 Å². The molecule has 2 rings (SSSR count). The second-order valence-corrected chi connectivity index (χ2v) is 5.89. The molecule has 6 heteroatoms. The van der Waals surface area contributed by atoms with Crippen LogP contribution in [0.3, 0.4) is 0 Å². The second kappa shape index (κ2) is 5.67. The summed E-state index contributed by atoms with van der Waals surface area (Å²) < 4.78 is 0. The summed E-state index contributed by atoms with van der Waals surface area (Å²) >= 11 is 11.9. The minimum Gasteiger partial charge on any atom is -0.389 e. The predicted molar refractivity (Wildman–Crippen MR) is 76.8 cm³/mol. The summed E-state index contributed by atoms with van der Waals surface area (Å²) in [6.07, 6.45) is 0.679. The van der Waals surface area contributed by atoms with E-state index in [1.165, 1.54) is 0 Å². The summed E-state index contributed by atoms with van der Waals surface area (Å²) in [5, 5.41) is 13.3. The van der Waals surface area contributed by atoms with Crippen molar-refractivity contribution in [3.8, 4) is 0 Å². The van der Waals surface area contributed by atoms with E-state index in [1.807, 2.05) is 4.90 Å². The molecule has 0 radical (unpaired) electrons. The van der Waals surface area contributed by atoms with Gasteiger partial charge < -0.3 is 10.4 Å². The molecule has 0 saturated carbocycles. The van der Waals surface area contributed by atoms with Gasteiger partial charge in [0.15, 0.2) is 0 Å². The number of likely N-dealkylation sites (tertiary alicyclic amines) is 1. The van der Waals surface area contributed by atoms with Crippen molar-refractivity contribution in [2.75, 3.05) is 25.0 Å². The van der Waals surface area contributed by atoms with Gasteiger partial charge in [-0.2, -0.15) is 0 Å². The number of aliphatic hydroxyl groups is 1. The number of hydrogen-bond donors (Lipinski definition) is 2. The highest BCUT2D eigenvalue weighted by molar-refractivity contribution is 6.43. The first-order chi connectivity index (χ1) is 8.87. The molecule has 0 spiro atoms. The maximum atomic E-state index is 11.9. The largest absolute Gasteiger partial charge is 0.389 e. The van der Waals surface area contributed by atoms with Crippen molar-refractivity contribution in [2.24, 2.45) is 0 Å². The number of benzene rings is 1. The number of halogens is 2. The fourth-order valence-corrected chi connectivity index (χ4v) is 2.51. The predicted octanol–water partition coefficient (Wildman–Crippen LogP) is 2.39. The van der Waals surface area contributed by atoms with Crippen molar-refractivity contribution in [3.63, 3.8) is 0 Å². The van der Waals surface area contributed by atoms with Crippen LogP contribution < -0.4 is 5.32 Å². The third kappa shape index (κ3) is 3.83. The van der Waals surface area contributed by atoms with Crippen LogP contribution in [0, 0.1) is 0 Å². The molecule has 1 atom stereocenters. The van der Waals surface area contributed by atoms with E-state index in [9.17, 15) is 9.90 Å². The molecule has 1 aromatic rings. The first-order valence-corrected chi connectivity index (χ1v) is 6.81. The molecule has 2 N–H and O–H groups in total. The normalized spacial score (nSPS) is 23.6. The van der Waals surface area contributed by atoms with Crippen LogP contribution in [0.2, 0.25) is 10.0 Å². The van der Waals surface area contributed by atoms with Crippen molar-refractivity contribution < 1.29 is 9.90 Å². The Morgan fingerprint density at radius 1 is 1.53 bits per heavy atom. The number of amides is 1. The van der Waals surface area contributed by atoms with Gasteiger partial charge in [-0.05, 0) is 25.5 Å². The first-order valence-electron chi connectivity index (χ1n) is 6.06. The molecule has 1 fully saturated rings. The summed E-state index contributed by atoms with van der Waals surface area (Å²) in [6.45, 7) is 3.23. The van der Waals surface area contributed by atoms with Crippen molar-refractivity contribution in [1.29, 1.82) is 0 Å². The molecule has 104 valence electrons. The van der Waals surface area contributed by atoms with Crippen LogP contribution in [0.1, 0.15) is 13.3 Å². The number of nitrogens with one attached hydrogen (secondary N) is 1. The Kier molecular flexibility index (Phi) is 4.36. The van der Waals surface area contributed by atoms with Gasteiger partial charge >= 0.3 is 0 Å². The summed E-state index contributed by atoms with van der Waals surface area (Å²) in [4.78, 5) is 13.8. The Hall–Kier alpha value is -0.810. The molecule has 1 aliphatic heterocycles. The lowest BCUT2D eigenvalue weighted by molar-refractivity contribution is -0.117. The zero-order chi connectivity index (χ0) is 14.0. The molecule has 1 unspecified atom stereocenters. The smallest absolute Gasteiger partial charge is 0.238 e. The van der Waals surface area contributed by atoms with E-state index >= 15 is 0 Å². The topological polar surface area (TPSA) is 52.6 Å². The Morgan fingerprint density at radius 2 is 2.26 bits per heavy atom. The molecule has 1 amide bonds. The molecule has 0 bridgehead atoms. The van der Waals surface area contributed by atoms with Gasteiger partial charge in [0.05, 0.1) is 27.9 Å². The van der Waals surface area contributed by atoms with Crippen LogP contribution in [-0.4, -0.2) is 41.1 Å². The van der Waals surface area contributed by atoms with E-state index in [1.54, 1.807) is 25.1 Å². The SMILES string of the molecule is CC1(O)CCN(CC(=O)Nc2cccc(Cl)c2Cl)C1. The van der Waals surface area contributed by atoms with Gasteiger partial charge in [-0.25, -0.2) is 0 Å². The Morgan fingerprint density at radius 3 is 2.89 bits per heavy atom. The van der Waals surface area contributed by atoms with Gasteiger partial charge in [0.2, 0.25) is 5.91 Å². The molecule has 4 nitrogen and oxygen atoms in total. The average Bonchev–Trinajstić information content (AvgIpc) is 2.64. The van der Waals surface area contributed by atoms with Gasteiger partial charge in [-0.1, -0.05) is 29.3 Å². The minimum absolute atomic E-state index is 0.165. The summed E-state index contributed by atoms with van der Waals surface area (Å²) in [7, 11) is 0. The molecule has 0 aliphatic carbocycles. The van der Waals surface area contributed by atoms with Crippen molar-refractivity contribution in [3.05, 3.63) is 28.2 Å². The molecule has 19 heavy (non-hydrogen) atoms. The number of rotatable bonds is 3. The van der Waals surface area contributed by atoms with Crippen LogP contribution in [0.25, 0.3) is 0 Å². The Balaban J connectivity index is 1.93. The Labute approximate surface area is 122 Å². The zero-order valence-corrected chi connectivity index (χ0v) is 12.1. The maximum Gasteiger partial charge on any atom is 0.238 e. The quantitative estimate of drug-likeness (QED) is 0.901. The zero-order valence-electron chi connectivity index (χ0n) is 10.6. The van der Waals surface area contributed by atoms with Crippen LogP contribution in [0.15, 0.2) is 18.2 Å². The first kappa shape index (κ1) is 14.6. The molecule has 0 aromatic heterocycles. The molecule has 1 heterocycles. The van der Waals surface area contributed by atoms with Gasteiger partial charge in [0.1, 0.15) is 0 Å². The lowest BCUT2D eigenvalue weighted by atomic mass is 10.1. The standard InChI is InChI=1S/C13H16Cl2N2O2/c1-13(19)5-6-17(8-13)7-11(18)16-10-4-2-3-9(14)12(10)15/h2-4,19H,5-8H2,1H3,(H,16,18). The number of carbonyl (C=O) groups is 1. The number of β-amino-alcohol motifs (C(OH)–C–C–N with tert-alkyl or cyclic N) is 1. The lowest BCUT2D eigenvalue weighted by Crippen LogP contribution is -2.35. The Bertz CT molecular complexity index is 492. The number of nitrogens with zero attached hydrogens (tertiary/aromatic N) is 1. The lowest BCUT2D eigenvalue weighted by Gasteiger charge is -2.18. The highest BCUT2D eigenvalue weighted by atomic mass is 35.5. The van der Waals surface area contributed by atoms with Crippen LogP contribution in [0.4, 0.5) is 5.69 Å². The number of carbonyl (C=O) groups excluding carboxylic acids is 1. The fourth-order valence-electron chi connectivity index (χ4n) is 2.17. The summed E-state index contributed by atoms with van der Waals surface area (Å²) in [6, 6.07) is 5.09. The van der Waals surface area contributed by atoms with E-state index in [0.717, 1.165) is 0 Å². The minimum atomic E-state index is -0.700. The molecule has 1 saturated heterocycles. The van der Waals surface area contributed by atoms with E-state index in [4.69, 9.17) is 23.2 Å².